The molecular formula is C24H30FN3O5S. The lowest BCUT2D eigenvalue weighted by Gasteiger charge is -2.35. The van der Waals surface area contributed by atoms with Crippen LogP contribution in [0.5, 0.6) is 5.75 Å². The van der Waals surface area contributed by atoms with Crippen LogP contribution in [0.15, 0.2) is 47.4 Å². The van der Waals surface area contributed by atoms with Crippen LogP contribution >= 0.6 is 0 Å². The van der Waals surface area contributed by atoms with Crippen molar-refractivity contribution in [2.45, 2.75) is 30.4 Å². The molecule has 184 valence electrons. The second-order valence-electron chi connectivity index (χ2n) is 8.54. The highest BCUT2D eigenvalue weighted by molar-refractivity contribution is 7.89. The number of ether oxygens (including phenoxy) is 2. The number of carbonyl (C=O) groups excluding carboxylic acids is 1. The minimum atomic E-state index is -3.66. The SMILES string of the molecule is COc1ccc(F)cc1CN1CCN(C(=O)c2ccc(S(=O)(=O)NCC3CCCO3)cc2)CC1. The summed E-state index contributed by atoms with van der Waals surface area (Å²) in [6.07, 6.45) is 1.70. The van der Waals surface area contributed by atoms with E-state index >= 15 is 0 Å². The standard InChI is InChI=1S/C24H30FN3O5S/c1-32-23-9-6-20(25)15-19(23)17-27-10-12-28(13-11-27)24(29)18-4-7-22(8-5-18)34(30,31)26-16-21-3-2-14-33-21/h4-9,15,21,26H,2-3,10-14,16-17H2,1H3. The average Bonchev–Trinajstić information content (AvgIpc) is 3.37. The number of nitrogens with zero attached hydrogens (tertiary/aromatic N) is 2. The number of sulfonamides is 1. The van der Waals surface area contributed by atoms with Gasteiger partial charge in [0, 0.05) is 57.0 Å². The van der Waals surface area contributed by atoms with Gasteiger partial charge in [-0.2, -0.15) is 0 Å². The summed E-state index contributed by atoms with van der Waals surface area (Å²) < 4.78 is 52.0. The van der Waals surface area contributed by atoms with E-state index in [1.807, 2.05) is 0 Å². The Morgan fingerprint density at radius 3 is 2.53 bits per heavy atom. The molecule has 10 heteroatoms. The highest BCUT2D eigenvalue weighted by Crippen LogP contribution is 2.22. The monoisotopic (exact) mass is 491 g/mol. The van der Waals surface area contributed by atoms with Gasteiger partial charge < -0.3 is 14.4 Å². The highest BCUT2D eigenvalue weighted by Gasteiger charge is 2.24. The number of hydrogen-bond donors (Lipinski definition) is 1. The molecule has 34 heavy (non-hydrogen) atoms. The number of halogens is 1. The molecule has 1 unspecified atom stereocenters. The Kier molecular flexibility index (Phi) is 7.82. The van der Waals surface area contributed by atoms with Crippen LogP contribution in [0, 0.1) is 5.82 Å². The molecule has 1 atom stereocenters. The van der Waals surface area contributed by atoms with Crippen LogP contribution in [0.3, 0.4) is 0 Å². The third-order valence-electron chi connectivity index (χ3n) is 6.23. The summed E-state index contributed by atoms with van der Waals surface area (Å²) in [6, 6.07) is 10.5. The van der Waals surface area contributed by atoms with E-state index in [9.17, 15) is 17.6 Å². The molecule has 1 N–H and O–H groups in total. The number of methoxy groups -OCH3 is 1. The van der Waals surface area contributed by atoms with E-state index in [1.54, 1.807) is 30.2 Å². The summed E-state index contributed by atoms with van der Waals surface area (Å²) in [5.74, 6) is 0.191. The van der Waals surface area contributed by atoms with Crippen molar-refractivity contribution in [3.05, 3.63) is 59.4 Å². The Hall–Kier alpha value is -2.53. The van der Waals surface area contributed by atoms with Crippen molar-refractivity contribution in [1.29, 1.82) is 0 Å². The molecule has 0 radical (unpaired) electrons. The van der Waals surface area contributed by atoms with E-state index in [0.29, 0.717) is 50.6 Å². The number of rotatable bonds is 8. The summed E-state index contributed by atoms with van der Waals surface area (Å²) in [5, 5.41) is 0. The molecule has 0 saturated carbocycles. The molecule has 8 nitrogen and oxygen atoms in total. The van der Waals surface area contributed by atoms with Crippen molar-refractivity contribution in [1.82, 2.24) is 14.5 Å². The fraction of sp³-hybridized carbons (Fsp3) is 0.458. The minimum Gasteiger partial charge on any atom is -0.496 e. The first-order chi connectivity index (χ1) is 16.4. The van der Waals surface area contributed by atoms with Gasteiger partial charge in [0.05, 0.1) is 18.1 Å². The van der Waals surface area contributed by atoms with E-state index in [1.165, 1.54) is 24.3 Å². The van der Waals surface area contributed by atoms with E-state index in [0.717, 1.165) is 18.4 Å². The maximum absolute atomic E-state index is 13.6. The maximum atomic E-state index is 13.6. The zero-order valence-corrected chi connectivity index (χ0v) is 20.0. The Labute approximate surface area is 199 Å². The van der Waals surface area contributed by atoms with Crippen LogP contribution < -0.4 is 9.46 Å². The van der Waals surface area contributed by atoms with Crippen LogP contribution in [0.1, 0.15) is 28.8 Å². The number of carbonyl (C=O) groups is 1. The summed E-state index contributed by atoms with van der Waals surface area (Å²) in [4.78, 5) is 16.9. The van der Waals surface area contributed by atoms with Crippen LogP contribution in [-0.2, 0) is 21.3 Å². The molecule has 4 rings (SSSR count). The Bertz CT molecular complexity index is 1100. The summed E-state index contributed by atoms with van der Waals surface area (Å²) >= 11 is 0. The third-order valence-corrected chi connectivity index (χ3v) is 7.67. The second kappa shape index (κ2) is 10.8. The van der Waals surface area contributed by atoms with Crippen molar-refractivity contribution in [2.24, 2.45) is 0 Å². The molecule has 2 heterocycles. The van der Waals surface area contributed by atoms with Crippen LogP contribution in [0.4, 0.5) is 4.39 Å². The zero-order chi connectivity index (χ0) is 24.1. The first-order valence-corrected chi connectivity index (χ1v) is 12.9. The van der Waals surface area contributed by atoms with Gasteiger partial charge in [-0.1, -0.05) is 0 Å². The molecule has 0 spiro atoms. The summed E-state index contributed by atoms with van der Waals surface area (Å²) in [5.41, 5.74) is 1.21. The molecule has 0 aliphatic carbocycles. The molecule has 2 aliphatic rings. The molecule has 2 fully saturated rings. The maximum Gasteiger partial charge on any atom is 0.253 e. The lowest BCUT2D eigenvalue weighted by atomic mass is 10.1. The highest BCUT2D eigenvalue weighted by atomic mass is 32.2. The molecule has 2 saturated heterocycles. The fourth-order valence-corrected chi connectivity index (χ4v) is 5.34. The minimum absolute atomic E-state index is 0.0868. The van der Waals surface area contributed by atoms with E-state index in [2.05, 4.69) is 9.62 Å². The first-order valence-electron chi connectivity index (χ1n) is 11.4. The van der Waals surface area contributed by atoms with Gasteiger partial charge >= 0.3 is 0 Å². The molecule has 0 aromatic heterocycles. The fourth-order valence-electron chi connectivity index (χ4n) is 4.27. The van der Waals surface area contributed by atoms with Crippen molar-refractivity contribution >= 4 is 15.9 Å². The normalized spacial score (nSPS) is 19.4. The quantitative estimate of drug-likeness (QED) is 0.610. The zero-order valence-electron chi connectivity index (χ0n) is 19.2. The van der Waals surface area contributed by atoms with Gasteiger partial charge in [-0.3, -0.25) is 9.69 Å². The van der Waals surface area contributed by atoms with Gasteiger partial charge in [-0.15, -0.1) is 0 Å². The number of piperazine rings is 1. The molecule has 0 bridgehead atoms. The Balaban J connectivity index is 1.31. The number of benzene rings is 2. The molecule has 2 aromatic rings. The Morgan fingerprint density at radius 1 is 1.15 bits per heavy atom. The van der Waals surface area contributed by atoms with Gasteiger partial charge in [0.15, 0.2) is 0 Å². The Morgan fingerprint density at radius 2 is 1.88 bits per heavy atom. The van der Waals surface area contributed by atoms with Crippen molar-refractivity contribution < 1.29 is 27.1 Å². The van der Waals surface area contributed by atoms with Crippen LogP contribution in [0.25, 0.3) is 0 Å². The third kappa shape index (κ3) is 5.93. The second-order valence-corrected chi connectivity index (χ2v) is 10.3. The van der Waals surface area contributed by atoms with Crippen LogP contribution in [-0.4, -0.2) is 76.7 Å². The van der Waals surface area contributed by atoms with Gasteiger partial charge in [0.2, 0.25) is 10.0 Å². The van der Waals surface area contributed by atoms with E-state index in [4.69, 9.17) is 9.47 Å². The number of nitrogens with one attached hydrogen (secondary N) is 1. The largest absolute Gasteiger partial charge is 0.496 e. The molecule has 2 aromatic carbocycles. The summed E-state index contributed by atoms with van der Waals surface area (Å²) in [7, 11) is -2.10. The summed E-state index contributed by atoms with van der Waals surface area (Å²) in [6.45, 7) is 3.79. The van der Waals surface area contributed by atoms with Gasteiger partial charge in [-0.25, -0.2) is 17.5 Å². The number of amides is 1. The smallest absolute Gasteiger partial charge is 0.253 e. The predicted molar refractivity (Wildman–Crippen MR) is 125 cm³/mol. The molecule has 1 amide bonds. The average molecular weight is 492 g/mol. The molecular weight excluding hydrogens is 461 g/mol. The van der Waals surface area contributed by atoms with E-state index < -0.39 is 10.0 Å². The lowest BCUT2D eigenvalue weighted by molar-refractivity contribution is 0.0627. The number of hydrogen-bond acceptors (Lipinski definition) is 6. The van der Waals surface area contributed by atoms with Gasteiger partial charge in [0.25, 0.3) is 5.91 Å². The molecule has 2 aliphatic heterocycles. The first kappa shape index (κ1) is 24.6. The topological polar surface area (TPSA) is 88.2 Å². The lowest BCUT2D eigenvalue weighted by Crippen LogP contribution is -2.48. The van der Waals surface area contributed by atoms with Gasteiger partial charge in [-0.05, 0) is 55.3 Å². The van der Waals surface area contributed by atoms with Crippen molar-refractivity contribution in [3.63, 3.8) is 0 Å². The predicted octanol–water partition coefficient (Wildman–Crippen LogP) is 2.25. The van der Waals surface area contributed by atoms with E-state index in [-0.39, 0.29) is 29.3 Å². The van der Waals surface area contributed by atoms with Crippen molar-refractivity contribution in [3.8, 4) is 5.75 Å². The van der Waals surface area contributed by atoms with Gasteiger partial charge in [0.1, 0.15) is 11.6 Å². The van der Waals surface area contributed by atoms with Crippen molar-refractivity contribution in [2.75, 3.05) is 46.4 Å². The van der Waals surface area contributed by atoms with Crippen LogP contribution in [0.2, 0.25) is 0 Å².